The van der Waals surface area contributed by atoms with Gasteiger partial charge < -0.3 is 14.8 Å². The number of hydrogen-bond donors (Lipinski definition) is 1. The Morgan fingerprint density at radius 3 is 1.66 bits per heavy atom. The molecule has 0 unspecified atom stereocenters. The summed E-state index contributed by atoms with van der Waals surface area (Å²) < 4.78 is 65.6. The van der Waals surface area contributed by atoms with E-state index >= 15 is 0 Å². The first-order valence-corrected chi connectivity index (χ1v) is 27.6. The van der Waals surface area contributed by atoms with Crippen molar-refractivity contribution >= 4 is 103 Å². The number of ether oxygens (including phenoxy) is 2. The predicted molar refractivity (Wildman–Crippen MR) is 261 cm³/mol. The van der Waals surface area contributed by atoms with Crippen molar-refractivity contribution in [3.05, 3.63) is 78.9 Å². The average molecular weight is 1130 g/mol. The van der Waals surface area contributed by atoms with E-state index in [0.717, 1.165) is 58.3 Å². The number of piperazine rings is 2. The number of carbonyl (C=O) groups is 1. The molecule has 0 spiro atoms. The fourth-order valence-corrected chi connectivity index (χ4v) is 10.4. The van der Waals surface area contributed by atoms with Crippen LogP contribution in [0, 0.1) is 11.8 Å². The number of aldehydes is 1. The summed E-state index contributed by atoms with van der Waals surface area (Å²) in [5.74, 6) is 3.16. The van der Waals surface area contributed by atoms with Gasteiger partial charge in [0, 0.05) is 89.9 Å². The molecular weight excluding hydrogens is 1080 g/mol. The van der Waals surface area contributed by atoms with Crippen molar-refractivity contribution in [3.63, 3.8) is 0 Å². The zero-order valence-corrected chi connectivity index (χ0v) is 42.9. The first-order valence-electron chi connectivity index (χ1n) is 21.5. The molecule has 6 heterocycles. The molecular formula is C42H48Br2Cl2N12O7S2. The number of benzene rings is 2. The number of aromatic nitrogens is 8. The fraction of sp³-hybridized carbons (Fsp3) is 0.452. The van der Waals surface area contributed by atoms with E-state index in [9.17, 15) is 21.6 Å². The Morgan fingerprint density at radius 2 is 1.18 bits per heavy atom. The van der Waals surface area contributed by atoms with Crippen LogP contribution in [0.5, 0.6) is 23.3 Å². The van der Waals surface area contributed by atoms with Gasteiger partial charge >= 0.3 is 0 Å². The van der Waals surface area contributed by atoms with Gasteiger partial charge in [0.2, 0.25) is 31.8 Å². The SMILES string of the molecule is CS(=O)(=O)N1CCN(Cc2cc(Cl)cnc2Oc2ccc3c(nnn3CC3CC3)c2Br)CC1.CS(=O)(=O)N1CCNCC1.O=Cc1cc(Cl)cnc1Oc1ccc2c(nnn2CC2CC2)c1Br. The molecule has 4 aliphatic rings. The third-order valence-corrected chi connectivity index (χ3v) is 16.0. The largest absolute Gasteiger partial charge is 0.437 e. The standard InChI is InChI=1S/C21H24BrClN6O3S.C16H12BrClN4O2.C5H12N2O2S/c1-33(30,31)28-8-6-27(7-9-28)13-15-10-16(23)11-24-21(15)32-18-5-4-17-20(19(18)22)25-26-29(17)12-14-2-3-14;17-14-13(24-16-10(8-23)5-11(18)6-19-16)4-3-12-15(14)20-21-22(12)7-9-1-2-9;1-10(8,9)7-4-2-6-3-5-7/h4-5,10-11,14H,2-3,6-9,12-13H2,1H3;3-6,8-9H,1-2,7H2;6H,2-5H2,1H3. The predicted octanol–water partition coefficient (Wildman–Crippen LogP) is 6.63. The van der Waals surface area contributed by atoms with E-state index in [4.69, 9.17) is 32.7 Å². The van der Waals surface area contributed by atoms with Crippen molar-refractivity contribution in [1.82, 2.24) is 58.8 Å². The second-order valence-electron chi connectivity index (χ2n) is 16.8. The van der Waals surface area contributed by atoms with Crippen LogP contribution in [0.15, 0.2) is 57.7 Å². The minimum Gasteiger partial charge on any atom is -0.437 e. The molecule has 6 aromatic rings. The number of rotatable bonds is 13. The number of sulfonamides is 2. The Balaban J connectivity index is 0.000000156. The molecule has 67 heavy (non-hydrogen) atoms. The number of hydrogen-bond acceptors (Lipinski definition) is 15. The molecule has 10 rings (SSSR count). The van der Waals surface area contributed by atoms with Gasteiger partial charge in [-0.25, -0.2) is 36.2 Å². The summed E-state index contributed by atoms with van der Waals surface area (Å²) in [6, 6.07) is 10.9. The Hall–Kier alpha value is -3.91. The van der Waals surface area contributed by atoms with Gasteiger partial charge in [-0.3, -0.25) is 9.69 Å². The molecule has 4 fully saturated rings. The van der Waals surface area contributed by atoms with Crippen molar-refractivity contribution in [3.8, 4) is 23.3 Å². The number of nitrogens with zero attached hydrogens (tertiary/aromatic N) is 11. The maximum atomic E-state index is 11.8. The molecule has 2 aliphatic carbocycles. The van der Waals surface area contributed by atoms with Crippen LogP contribution in [0.4, 0.5) is 0 Å². The minimum absolute atomic E-state index is 0.194. The van der Waals surface area contributed by atoms with E-state index in [1.165, 1.54) is 59.1 Å². The maximum absolute atomic E-state index is 11.8. The summed E-state index contributed by atoms with van der Waals surface area (Å²) >= 11 is 19.2. The van der Waals surface area contributed by atoms with Crippen molar-refractivity contribution in [2.24, 2.45) is 11.8 Å². The van der Waals surface area contributed by atoms with E-state index in [1.807, 2.05) is 39.7 Å². The minimum atomic E-state index is -3.17. The summed E-state index contributed by atoms with van der Waals surface area (Å²) in [5, 5.41) is 21.1. The van der Waals surface area contributed by atoms with Gasteiger partial charge in [0.25, 0.3) is 0 Å². The first kappa shape index (κ1) is 49.5. The first-order chi connectivity index (χ1) is 32.0. The highest BCUT2D eigenvalue weighted by Gasteiger charge is 2.27. The third-order valence-electron chi connectivity index (χ3n) is 11.5. The van der Waals surface area contributed by atoms with Gasteiger partial charge in [0.15, 0.2) is 6.29 Å². The normalized spacial score (nSPS) is 17.4. The fourth-order valence-electron chi connectivity index (χ4n) is 7.42. The average Bonchev–Trinajstić information content (AvgIpc) is 4.23. The van der Waals surface area contributed by atoms with Crippen LogP contribution < -0.4 is 14.8 Å². The Labute approximate surface area is 414 Å². The number of pyridine rings is 2. The summed E-state index contributed by atoms with van der Waals surface area (Å²) in [6.45, 7) is 7.26. The molecule has 0 radical (unpaired) electrons. The molecule has 2 aliphatic heterocycles. The number of fused-ring (bicyclic) bond motifs is 2. The van der Waals surface area contributed by atoms with E-state index in [1.54, 1.807) is 6.20 Å². The lowest BCUT2D eigenvalue weighted by Gasteiger charge is -2.33. The number of nitrogens with one attached hydrogen (secondary N) is 1. The zero-order chi connectivity index (χ0) is 47.5. The van der Waals surface area contributed by atoms with Crippen molar-refractivity contribution in [2.45, 2.75) is 45.3 Å². The zero-order valence-electron chi connectivity index (χ0n) is 36.6. The van der Waals surface area contributed by atoms with Crippen LogP contribution in [0.2, 0.25) is 10.0 Å². The molecule has 2 saturated carbocycles. The van der Waals surface area contributed by atoms with Crippen molar-refractivity contribution in [2.75, 3.05) is 64.9 Å². The third kappa shape index (κ3) is 12.8. The molecule has 358 valence electrons. The molecule has 25 heteroatoms. The monoisotopic (exact) mass is 1120 g/mol. The molecule has 0 amide bonds. The van der Waals surface area contributed by atoms with Crippen molar-refractivity contribution in [1.29, 1.82) is 0 Å². The smallest absolute Gasteiger partial charge is 0.229 e. The molecule has 0 atom stereocenters. The van der Waals surface area contributed by atoms with Gasteiger partial charge in [-0.2, -0.15) is 8.61 Å². The second-order valence-corrected chi connectivity index (χ2v) is 23.2. The van der Waals surface area contributed by atoms with Crippen LogP contribution >= 0.6 is 55.1 Å². The Morgan fingerprint density at radius 1 is 0.701 bits per heavy atom. The van der Waals surface area contributed by atoms with E-state index in [-0.39, 0.29) is 11.4 Å². The Kier molecular flexibility index (Phi) is 15.8. The molecule has 19 nitrogen and oxygen atoms in total. The lowest BCUT2D eigenvalue weighted by atomic mass is 10.2. The number of halogens is 4. The maximum Gasteiger partial charge on any atom is 0.229 e. The quantitative estimate of drug-likeness (QED) is 0.120. The molecule has 1 N–H and O–H groups in total. The van der Waals surface area contributed by atoms with Gasteiger partial charge in [-0.05, 0) is 106 Å². The highest BCUT2D eigenvalue weighted by atomic mass is 79.9. The van der Waals surface area contributed by atoms with E-state index in [0.29, 0.717) is 95.8 Å². The second kappa shape index (κ2) is 21.4. The van der Waals surface area contributed by atoms with E-state index in [2.05, 4.69) is 72.7 Å². The topological polar surface area (TPSA) is 213 Å². The highest BCUT2D eigenvalue weighted by molar-refractivity contribution is 9.11. The van der Waals surface area contributed by atoms with Crippen LogP contribution in [-0.2, 0) is 39.7 Å². The van der Waals surface area contributed by atoms with Gasteiger partial charge in [-0.15, -0.1) is 10.2 Å². The lowest BCUT2D eigenvalue weighted by Crippen LogP contribution is -2.47. The van der Waals surface area contributed by atoms with E-state index < -0.39 is 20.0 Å². The van der Waals surface area contributed by atoms with Crippen LogP contribution in [0.3, 0.4) is 0 Å². The van der Waals surface area contributed by atoms with Gasteiger partial charge in [0.05, 0.1) is 48.1 Å². The lowest BCUT2D eigenvalue weighted by molar-refractivity contribution is 0.112. The highest BCUT2D eigenvalue weighted by Crippen LogP contribution is 2.39. The summed E-state index contributed by atoms with van der Waals surface area (Å²) in [4.78, 5) is 21.8. The summed E-state index contributed by atoms with van der Waals surface area (Å²) in [7, 11) is -6.10. The molecule has 4 aromatic heterocycles. The van der Waals surface area contributed by atoms with Gasteiger partial charge in [0.1, 0.15) is 22.5 Å². The van der Waals surface area contributed by atoms with Gasteiger partial charge in [-0.1, -0.05) is 33.6 Å². The summed E-state index contributed by atoms with van der Waals surface area (Å²) in [5.41, 5.74) is 4.50. The molecule has 2 saturated heterocycles. The molecule has 0 bridgehead atoms. The molecule has 2 aromatic carbocycles. The Bertz CT molecular complexity index is 2980. The van der Waals surface area contributed by atoms with Crippen LogP contribution in [-0.4, -0.2) is 141 Å². The number of carbonyl (C=O) groups excluding carboxylic acids is 1. The van der Waals surface area contributed by atoms with Crippen LogP contribution in [0.25, 0.3) is 22.1 Å². The van der Waals surface area contributed by atoms with Crippen molar-refractivity contribution < 1.29 is 31.1 Å². The van der Waals surface area contributed by atoms with Crippen LogP contribution in [0.1, 0.15) is 41.6 Å². The summed E-state index contributed by atoms with van der Waals surface area (Å²) in [6.07, 6.45) is 11.1.